The Hall–Kier alpha value is -2.24. The summed E-state index contributed by atoms with van der Waals surface area (Å²) in [6, 6.07) is 3.85. The fourth-order valence-corrected chi connectivity index (χ4v) is 1.63. The number of hydrogen-bond acceptors (Lipinski definition) is 4. The molecular weight excluding hydrogens is 234 g/mol. The van der Waals surface area contributed by atoms with E-state index in [0.717, 1.165) is 0 Å². The molecule has 0 fully saturated rings. The van der Waals surface area contributed by atoms with Crippen LogP contribution in [0.15, 0.2) is 18.2 Å². The van der Waals surface area contributed by atoms with Crippen molar-refractivity contribution in [3.8, 4) is 0 Å². The van der Waals surface area contributed by atoms with Crippen LogP contribution in [0.4, 0.5) is 11.4 Å². The molecule has 6 N–H and O–H groups in total. The van der Waals surface area contributed by atoms with Gasteiger partial charge in [-0.25, -0.2) is 4.79 Å². The van der Waals surface area contributed by atoms with Gasteiger partial charge in [0, 0.05) is 0 Å². The maximum Gasteiger partial charge on any atom is 0.337 e. The zero-order valence-electron chi connectivity index (χ0n) is 10.3. The van der Waals surface area contributed by atoms with Gasteiger partial charge in [0.25, 0.3) is 0 Å². The summed E-state index contributed by atoms with van der Waals surface area (Å²) in [6.45, 7) is 3.62. The number of primary amides is 1. The lowest BCUT2D eigenvalue weighted by Gasteiger charge is -2.22. The van der Waals surface area contributed by atoms with Crippen LogP contribution in [-0.2, 0) is 4.79 Å². The summed E-state index contributed by atoms with van der Waals surface area (Å²) in [6.07, 6.45) is 0. The molecule has 0 spiro atoms. The van der Waals surface area contributed by atoms with Gasteiger partial charge in [-0.1, -0.05) is 19.9 Å². The van der Waals surface area contributed by atoms with E-state index in [1.807, 2.05) is 13.8 Å². The number of nitrogens with two attached hydrogens (primary N) is 2. The molecule has 0 aromatic heterocycles. The summed E-state index contributed by atoms with van der Waals surface area (Å²) in [5.41, 5.74) is 11.5. The first-order chi connectivity index (χ1) is 8.34. The van der Waals surface area contributed by atoms with Crippen LogP contribution in [-0.4, -0.2) is 23.0 Å². The third kappa shape index (κ3) is 2.91. The molecule has 1 aromatic carbocycles. The molecule has 0 saturated carbocycles. The van der Waals surface area contributed by atoms with Crippen molar-refractivity contribution in [2.75, 3.05) is 11.1 Å². The van der Waals surface area contributed by atoms with Gasteiger partial charge in [0.1, 0.15) is 6.04 Å². The van der Waals surface area contributed by atoms with Gasteiger partial charge in [-0.05, 0) is 18.1 Å². The van der Waals surface area contributed by atoms with E-state index in [1.54, 1.807) is 12.1 Å². The number of anilines is 2. The SMILES string of the molecule is CC(C)C(Nc1c(N)cccc1C(=O)O)C(N)=O. The summed E-state index contributed by atoms with van der Waals surface area (Å²) in [4.78, 5) is 22.4. The molecule has 1 aromatic rings. The molecule has 1 atom stereocenters. The van der Waals surface area contributed by atoms with Crippen LogP contribution in [0.25, 0.3) is 0 Å². The third-order valence-electron chi connectivity index (χ3n) is 2.60. The standard InChI is InChI=1S/C12H17N3O3/c1-6(2)9(11(14)16)15-10-7(12(17)18)4-3-5-8(10)13/h3-6,9,15H,13H2,1-2H3,(H2,14,16)(H,17,18). The van der Waals surface area contributed by atoms with Gasteiger partial charge in [-0.3, -0.25) is 4.79 Å². The number of carboxylic acid groups (broad SMARTS) is 1. The predicted octanol–water partition coefficient (Wildman–Crippen LogP) is 0.889. The second kappa shape index (κ2) is 5.39. The molecule has 6 nitrogen and oxygen atoms in total. The molecule has 0 bridgehead atoms. The van der Waals surface area contributed by atoms with Crippen molar-refractivity contribution >= 4 is 23.3 Å². The number of hydrogen-bond donors (Lipinski definition) is 4. The molecule has 18 heavy (non-hydrogen) atoms. The highest BCUT2D eigenvalue weighted by Crippen LogP contribution is 2.25. The highest BCUT2D eigenvalue weighted by molar-refractivity contribution is 5.98. The summed E-state index contributed by atoms with van der Waals surface area (Å²) in [5.74, 6) is -1.75. The van der Waals surface area contributed by atoms with Crippen LogP contribution in [0.2, 0.25) is 0 Å². The van der Waals surface area contributed by atoms with Crippen LogP contribution in [0, 0.1) is 5.92 Å². The van der Waals surface area contributed by atoms with E-state index in [9.17, 15) is 9.59 Å². The van der Waals surface area contributed by atoms with E-state index in [2.05, 4.69) is 5.32 Å². The van der Waals surface area contributed by atoms with Crippen LogP contribution in [0.1, 0.15) is 24.2 Å². The maximum atomic E-state index is 11.3. The quantitative estimate of drug-likeness (QED) is 0.579. The lowest BCUT2D eigenvalue weighted by Crippen LogP contribution is -2.40. The van der Waals surface area contributed by atoms with Gasteiger partial charge in [0.05, 0.1) is 16.9 Å². The number of amides is 1. The van der Waals surface area contributed by atoms with E-state index in [4.69, 9.17) is 16.6 Å². The van der Waals surface area contributed by atoms with E-state index >= 15 is 0 Å². The van der Waals surface area contributed by atoms with Crippen molar-refractivity contribution in [3.05, 3.63) is 23.8 Å². The number of aromatic carboxylic acids is 1. The average molecular weight is 251 g/mol. The van der Waals surface area contributed by atoms with Gasteiger partial charge in [0.2, 0.25) is 5.91 Å². The fourth-order valence-electron chi connectivity index (χ4n) is 1.63. The van der Waals surface area contributed by atoms with Gasteiger partial charge in [-0.2, -0.15) is 0 Å². The fraction of sp³-hybridized carbons (Fsp3) is 0.333. The van der Waals surface area contributed by atoms with E-state index in [1.165, 1.54) is 6.07 Å². The Morgan fingerprint density at radius 1 is 1.33 bits per heavy atom. The van der Waals surface area contributed by atoms with Crippen LogP contribution in [0.5, 0.6) is 0 Å². The Morgan fingerprint density at radius 2 is 1.94 bits per heavy atom. The summed E-state index contributed by atoms with van der Waals surface area (Å²) in [5, 5.41) is 11.9. The monoisotopic (exact) mass is 251 g/mol. The Balaban J connectivity index is 3.16. The lowest BCUT2D eigenvalue weighted by atomic mass is 10.0. The second-order valence-electron chi connectivity index (χ2n) is 4.34. The smallest absolute Gasteiger partial charge is 0.337 e. The van der Waals surface area contributed by atoms with E-state index < -0.39 is 17.9 Å². The Labute approximate surface area is 105 Å². The van der Waals surface area contributed by atoms with Crippen LogP contribution < -0.4 is 16.8 Å². The first-order valence-corrected chi connectivity index (χ1v) is 5.52. The molecule has 1 rings (SSSR count). The molecule has 0 aliphatic rings. The predicted molar refractivity (Wildman–Crippen MR) is 69.3 cm³/mol. The van der Waals surface area contributed by atoms with E-state index in [-0.39, 0.29) is 22.9 Å². The molecule has 0 saturated heterocycles. The van der Waals surface area contributed by atoms with Crippen molar-refractivity contribution in [1.29, 1.82) is 0 Å². The van der Waals surface area contributed by atoms with Crippen molar-refractivity contribution < 1.29 is 14.7 Å². The van der Waals surface area contributed by atoms with Crippen LogP contribution >= 0.6 is 0 Å². The number of carboxylic acids is 1. The molecule has 0 heterocycles. The van der Waals surface area contributed by atoms with Crippen molar-refractivity contribution in [3.63, 3.8) is 0 Å². The average Bonchev–Trinajstić information content (AvgIpc) is 2.25. The Bertz CT molecular complexity index is 472. The molecule has 1 unspecified atom stereocenters. The maximum absolute atomic E-state index is 11.3. The lowest BCUT2D eigenvalue weighted by molar-refractivity contribution is -0.119. The van der Waals surface area contributed by atoms with Gasteiger partial charge < -0.3 is 21.9 Å². The van der Waals surface area contributed by atoms with Crippen molar-refractivity contribution in [1.82, 2.24) is 0 Å². The first kappa shape index (κ1) is 13.8. The Morgan fingerprint density at radius 3 is 2.39 bits per heavy atom. The zero-order chi connectivity index (χ0) is 13.9. The minimum atomic E-state index is -1.11. The number of nitrogens with one attached hydrogen (secondary N) is 1. The molecule has 0 aliphatic carbocycles. The summed E-state index contributed by atoms with van der Waals surface area (Å²) >= 11 is 0. The number of rotatable bonds is 5. The van der Waals surface area contributed by atoms with Crippen LogP contribution in [0.3, 0.4) is 0 Å². The molecular formula is C12H17N3O3. The van der Waals surface area contributed by atoms with Crippen molar-refractivity contribution in [2.45, 2.75) is 19.9 Å². The van der Waals surface area contributed by atoms with Gasteiger partial charge >= 0.3 is 5.97 Å². The Kier molecular flexibility index (Phi) is 4.14. The third-order valence-corrected chi connectivity index (χ3v) is 2.60. The molecule has 0 radical (unpaired) electrons. The second-order valence-corrected chi connectivity index (χ2v) is 4.34. The van der Waals surface area contributed by atoms with Gasteiger partial charge in [-0.15, -0.1) is 0 Å². The van der Waals surface area contributed by atoms with Crippen molar-refractivity contribution in [2.24, 2.45) is 11.7 Å². The number of benzene rings is 1. The highest BCUT2D eigenvalue weighted by atomic mass is 16.4. The normalized spacial score (nSPS) is 12.2. The van der Waals surface area contributed by atoms with Gasteiger partial charge in [0.15, 0.2) is 0 Å². The minimum absolute atomic E-state index is 0.0156. The highest BCUT2D eigenvalue weighted by Gasteiger charge is 2.22. The van der Waals surface area contributed by atoms with E-state index in [0.29, 0.717) is 0 Å². The molecule has 98 valence electrons. The minimum Gasteiger partial charge on any atom is -0.478 e. The number of carbonyl (C=O) groups is 2. The molecule has 1 amide bonds. The largest absolute Gasteiger partial charge is 0.478 e. The number of nitrogen functional groups attached to an aromatic ring is 1. The number of carbonyl (C=O) groups excluding carboxylic acids is 1. The topological polar surface area (TPSA) is 118 Å². The zero-order valence-corrected chi connectivity index (χ0v) is 10.3. The molecule has 0 aliphatic heterocycles. The molecule has 6 heteroatoms. The summed E-state index contributed by atoms with van der Waals surface area (Å²) < 4.78 is 0. The first-order valence-electron chi connectivity index (χ1n) is 5.52. The summed E-state index contributed by atoms with van der Waals surface area (Å²) in [7, 11) is 0. The number of para-hydroxylation sites is 1.